The fourth-order valence-corrected chi connectivity index (χ4v) is 3.44. The summed E-state index contributed by atoms with van der Waals surface area (Å²) < 4.78 is 15.0. The molecule has 4 nitrogen and oxygen atoms in total. The Balaban J connectivity index is 1.75. The lowest BCUT2D eigenvalue weighted by Crippen LogP contribution is -2.21. The van der Waals surface area contributed by atoms with Crippen molar-refractivity contribution in [3.05, 3.63) is 51.8 Å². The van der Waals surface area contributed by atoms with E-state index in [2.05, 4.69) is 10.4 Å². The van der Waals surface area contributed by atoms with Gasteiger partial charge in [-0.2, -0.15) is 5.10 Å². The summed E-state index contributed by atoms with van der Waals surface area (Å²) in [6.07, 6.45) is 0. The molecule has 0 bridgehead atoms. The molecule has 2 heterocycles. The summed E-state index contributed by atoms with van der Waals surface area (Å²) in [4.78, 5) is 13.9. The van der Waals surface area contributed by atoms with Crippen LogP contribution in [-0.4, -0.2) is 15.7 Å². The van der Waals surface area contributed by atoms with Gasteiger partial charge in [0.25, 0.3) is 5.91 Å². The van der Waals surface area contributed by atoms with Crippen molar-refractivity contribution in [1.82, 2.24) is 15.1 Å². The molecule has 0 radical (unpaired) electrons. The molecule has 0 saturated carbocycles. The molecule has 0 saturated heterocycles. The van der Waals surface area contributed by atoms with Gasteiger partial charge in [0.15, 0.2) is 0 Å². The van der Waals surface area contributed by atoms with Crippen molar-refractivity contribution in [3.63, 3.8) is 0 Å². The Hall–Kier alpha value is -2.21. The van der Waals surface area contributed by atoms with E-state index in [1.165, 1.54) is 17.4 Å². The number of thiophene rings is 1. The monoisotopic (exact) mass is 317 g/mol. The highest BCUT2D eigenvalue weighted by Crippen LogP contribution is 2.27. The first-order valence-electron chi connectivity index (χ1n) is 6.92. The van der Waals surface area contributed by atoms with Gasteiger partial charge in [0.05, 0.1) is 10.6 Å². The van der Waals surface area contributed by atoms with E-state index in [1.54, 1.807) is 23.7 Å². The molecule has 0 aliphatic carbocycles. The minimum Gasteiger partial charge on any atom is -0.347 e. The predicted octanol–water partition coefficient (Wildman–Crippen LogP) is 3.32. The van der Waals surface area contributed by atoms with Crippen LogP contribution in [0.5, 0.6) is 0 Å². The number of benzene rings is 1. The highest BCUT2D eigenvalue weighted by Gasteiger charge is 2.14. The molecule has 114 valence electrons. The van der Waals surface area contributed by atoms with Crippen LogP contribution in [0.3, 0.4) is 0 Å². The van der Waals surface area contributed by atoms with Crippen molar-refractivity contribution < 1.29 is 9.18 Å². The van der Waals surface area contributed by atoms with E-state index in [1.807, 2.05) is 20.0 Å². The number of carbonyl (C=O) groups is 1. The molecule has 1 amide bonds. The Morgan fingerprint density at radius 2 is 2.14 bits per heavy atom. The first-order chi connectivity index (χ1) is 10.5. The van der Waals surface area contributed by atoms with Crippen molar-refractivity contribution >= 4 is 27.5 Å². The molecule has 1 aromatic carbocycles. The molecule has 0 aliphatic heterocycles. The zero-order chi connectivity index (χ0) is 15.9. The Labute approximate surface area is 131 Å². The molecule has 22 heavy (non-hydrogen) atoms. The van der Waals surface area contributed by atoms with Gasteiger partial charge >= 0.3 is 0 Å². The van der Waals surface area contributed by atoms with Gasteiger partial charge in [0.2, 0.25) is 0 Å². The summed E-state index contributed by atoms with van der Waals surface area (Å²) in [6.45, 7) is 4.02. The number of halogens is 1. The van der Waals surface area contributed by atoms with Crippen molar-refractivity contribution in [3.8, 4) is 0 Å². The SMILES string of the molecule is Cc1cc(CNC(=O)c2cc3c(C)nn(C)c3s2)ccc1F. The highest BCUT2D eigenvalue weighted by atomic mass is 32.1. The van der Waals surface area contributed by atoms with Gasteiger partial charge in [-0.25, -0.2) is 4.39 Å². The largest absolute Gasteiger partial charge is 0.347 e. The summed E-state index contributed by atoms with van der Waals surface area (Å²) in [5.41, 5.74) is 2.38. The molecular weight excluding hydrogens is 301 g/mol. The van der Waals surface area contributed by atoms with Gasteiger partial charge in [-0.1, -0.05) is 12.1 Å². The summed E-state index contributed by atoms with van der Waals surface area (Å²) >= 11 is 1.42. The average Bonchev–Trinajstić information content (AvgIpc) is 3.02. The fraction of sp³-hybridized carbons (Fsp3) is 0.250. The lowest BCUT2D eigenvalue weighted by Gasteiger charge is -2.05. The lowest BCUT2D eigenvalue weighted by atomic mass is 10.1. The normalized spacial score (nSPS) is 11.1. The van der Waals surface area contributed by atoms with Crippen LogP contribution >= 0.6 is 11.3 Å². The highest BCUT2D eigenvalue weighted by molar-refractivity contribution is 7.20. The number of amides is 1. The van der Waals surface area contributed by atoms with Gasteiger partial charge in [-0.3, -0.25) is 9.48 Å². The van der Waals surface area contributed by atoms with E-state index in [0.29, 0.717) is 17.0 Å². The van der Waals surface area contributed by atoms with Crippen LogP contribution in [-0.2, 0) is 13.6 Å². The molecule has 3 aromatic rings. The Kier molecular flexibility index (Phi) is 3.70. The van der Waals surface area contributed by atoms with Gasteiger partial charge in [-0.15, -0.1) is 11.3 Å². The standard InChI is InChI=1S/C16H16FN3OS/c1-9-6-11(4-5-13(9)17)8-18-15(21)14-7-12-10(2)19-20(3)16(12)22-14/h4-7H,8H2,1-3H3,(H,18,21). The predicted molar refractivity (Wildman–Crippen MR) is 85.6 cm³/mol. The third kappa shape index (κ3) is 2.62. The Morgan fingerprint density at radius 3 is 2.82 bits per heavy atom. The first kappa shape index (κ1) is 14.7. The maximum absolute atomic E-state index is 13.2. The average molecular weight is 317 g/mol. The van der Waals surface area contributed by atoms with Gasteiger partial charge in [0, 0.05) is 19.0 Å². The van der Waals surface area contributed by atoms with E-state index >= 15 is 0 Å². The number of rotatable bonds is 3. The third-order valence-corrected chi connectivity index (χ3v) is 4.80. The fourth-order valence-electron chi connectivity index (χ4n) is 2.40. The molecular formula is C16H16FN3OS. The molecule has 0 fully saturated rings. The van der Waals surface area contributed by atoms with Crippen LogP contribution in [0.2, 0.25) is 0 Å². The number of nitrogens with zero attached hydrogens (tertiary/aromatic N) is 2. The molecule has 1 N–H and O–H groups in total. The van der Waals surface area contributed by atoms with E-state index in [9.17, 15) is 9.18 Å². The number of hydrogen-bond acceptors (Lipinski definition) is 3. The second-order valence-electron chi connectivity index (χ2n) is 5.30. The van der Waals surface area contributed by atoms with Crippen molar-refractivity contribution in [1.29, 1.82) is 0 Å². The second-order valence-corrected chi connectivity index (χ2v) is 6.34. The molecule has 6 heteroatoms. The van der Waals surface area contributed by atoms with E-state index in [0.717, 1.165) is 21.5 Å². The van der Waals surface area contributed by atoms with Crippen molar-refractivity contribution in [2.24, 2.45) is 7.05 Å². The zero-order valence-electron chi connectivity index (χ0n) is 12.6. The summed E-state index contributed by atoms with van der Waals surface area (Å²) in [5, 5.41) is 8.20. The van der Waals surface area contributed by atoms with Gasteiger partial charge < -0.3 is 5.32 Å². The van der Waals surface area contributed by atoms with E-state index in [-0.39, 0.29) is 11.7 Å². The number of hydrogen-bond donors (Lipinski definition) is 1. The maximum Gasteiger partial charge on any atom is 0.261 e. The zero-order valence-corrected chi connectivity index (χ0v) is 13.4. The Bertz CT molecular complexity index is 831. The van der Waals surface area contributed by atoms with Crippen LogP contribution in [0.15, 0.2) is 24.3 Å². The third-order valence-electron chi connectivity index (χ3n) is 3.60. The van der Waals surface area contributed by atoms with Gasteiger partial charge in [-0.05, 0) is 37.1 Å². The first-order valence-corrected chi connectivity index (χ1v) is 7.73. The summed E-state index contributed by atoms with van der Waals surface area (Å²) in [6, 6.07) is 6.72. The quantitative estimate of drug-likeness (QED) is 0.805. The maximum atomic E-state index is 13.2. The smallest absolute Gasteiger partial charge is 0.261 e. The molecule has 0 aliphatic rings. The van der Waals surface area contributed by atoms with Crippen LogP contribution in [0.25, 0.3) is 10.2 Å². The van der Waals surface area contributed by atoms with Crippen LogP contribution in [0, 0.1) is 19.7 Å². The van der Waals surface area contributed by atoms with Crippen LogP contribution in [0.4, 0.5) is 4.39 Å². The molecule has 3 rings (SSSR count). The molecule has 0 unspecified atom stereocenters. The molecule has 0 spiro atoms. The minimum atomic E-state index is -0.234. The number of aromatic nitrogens is 2. The molecule has 0 atom stereocenters. The van der Waals surface area contributed by atoms with Gasteiger partial charge in [0.1, 0.15) is 10.6 Å². The number of carbonyl (C=O) groups excluding carboxylic acids is 1. The van der Waals surface area contributed by atoms with E-state index < -0.39 is 0 Å². The van der Waals surface area contributed by atoms with E-state index in [4.69, 9.17) is 0 Å². The second kappa shape index (κ2) is 5.53. The summed E-state index contributed by atoms with van der Waals surface area (Å²) in [7, 11) is 1.87. The topological polar surface area (TPSA) is 46.9 Å². The number of nitrogens with one attached hydrogen (secondary N) is 1. The lowest BCUT2D eigenvalue weighted by molar-refractivity contribution is 0.0955. The van der Waals surface area contributed by atoms with Crippen LogP contribution in [0.1, 0.15) is 26.5 Å². The van der Waals surface area contributed by atoms with Crippen LogP contribution < -0.4 is 5.32 Å². The van der Waals surface area contributed by atoms with Crippen molar-refractivity contribution in [2.75, 3.05) is 0 Å². The van der Waals surface area contributed by atoms with Crippen molar-refractivity contribution in [2.45, 2.75) is 20.4 Å². The number of fused-ring (bicyclic) bond motifs is 1. The summed E-state index contributed by atoms with van der Waals surface area (Å²) in [5.74, 6) is -0.356. The Morgan fingerprint density at radius 1 is 1.36 bits per heavy atom. The molecule has 2 aromatic heterocycles. The number of aryl methyl sites for hydroxylation is 3. The minimum absolute atomic E-state index is 0.123.